The van der Waals surface area contributed by atoms with Gasteiger partial charge in [0, 0.05) is 43.0 Å². The quantitative estimate of drug-likeness (QED) is 0.189. The SMILES string of the molecule is CN1c2ccccc2C(C)(C)C12C=Nc1cc(OCCOc3ccc4c(c3)N(C)C3(CNc5c(ccc6ccccc56)O3)C4(C)C)ccc1O2. The Labute approximate surface area is 293 Å². The highest BCUT2D eigenvalue weighted by molar-refractivity contribution is 5.97. The van der Waals surface area contributed by atoms with E-state index in [1.165, 1.54) is 21.9 Å². The lowest BCUT2D eigenvalue weighted by Gasteiger charge is -2.49. The summed E-state index contributed by atoms with van der Waals surface area (Å²) < 4.78 is 26.1. The third-order valence-corrected chi connectivity index (χ3v) is 11.7. The van der Waals surface area contributed by atoms with Crippen LogP contribution in [0, 0.1) is 0 Å². The Bertz CT molecular complexity index is 2210. The molecule has 2 spiro atoms. The first-order chi connectivity index (χ1) is 24.1. The second-order valence-electron chi connectivity index (χ2n) is 14.8. The molecule has 0 saturated heterocycles. The lowest BCUT2D eigenvalue weighted by molar-refractivity contribution is 0.0201. The summed E-state index contributed by atoms with van der Waals surface area (Å²) in [6, 6.07) is 33.2. The van der Waals surface area contributed by atoms with Crippen molar-refractivity contribution < 1.29 is 18.9 Å². The highest BCUT2D eigenvalue weighted by Crippen LogP contribution is 2.56. The summed E-state index contributed by atoms with van der Waals surface area (Å²) in [5.41, 5.74) is 4.64. The van der Waals surface area contributed by atoms with Gasteiger partial charge in [-0.1, -0.05) is 54.6 Å². The fourth-order valence-corrected chi connectivity index (χ4v) is 8.69. The first kappa shape index (κ1) is 30.7. The number of nitrogens with zero attached hydrogens (tertiary/aromatic N) is 3. The molecule has 5 aromatic rings. The zero-order valence-corrected chi connectivity index (χ0v) is 29.4. The molecule has 9 rings (SSSR count). The van der Waals surface area contributed by atoms with E-state index in [4.69, 9.17) is 23.9 Å². The molecule has 2 atom stereocenters. The average Bonchev–Trinajstić information content (AvgIpc) is 3.39. The third kappa shape index (κ3) is 4.08. The van der Waals surface area contributed by atoms with Gasteiger partial charge in [-0.05, 0) is 74.5 Å². The number of ether oxygens (including phenoxy) is 4. The Morgan fingerprint density at radius 3 is 2.22 bits per heavy atom. The van der Waals surface area contributed by atoms with Gasteiger partial charge >= 0.3 is 0 Å². The maximum Gasteiger partial charge on any atom is 0.228 e. The van der Waals surface area contributed by atoms with Crippen LogP contribution < -0.4 is 34.1 Å². The van der Waals surface area contributed by atoms with Crippen LogP contribution in [-0.2, 0) is 10.8 Å². The number of anilines is 3. The number of rotatable bonds is 5. The second kappa shape index (κ2) is 10.6. The highest BCUT2D eigenvalue weighted by atomic mass is 16.5. The minimum absolute atomic E-state index is 0.291. The average molecular weight is 667 g/mol. The summed E-state index contributed by atoms with van der Waals surface area (Å²) in [4.78, 5) is 9.34. The molecule has 0 fully saturated rings. The van der Waals surface area contributed by atoms with Crippen molar-refractivity contribution in [2.45, 2.75) is 50.0 Å². The predicted molar refractivity (Wildman–Crippen MR) is 200 cm³/mol. The molecule has 0 amide bonds. The predicted octanol–water partition coefficient (Wildman–Crippen LogP) is 8.44. The van der Waals surface area contributed by atoms with Gasteiger partial charge in [-0.3, -0.25) is 4.99 Å². The molecule has 2 unspecified atom stereocenters. The van der Waals surface area contributed by atoms with Crippen LogP contribution in [0.2, 0.25) is 0 Å². The van der Waals surface area contributed by atoms with E-state index in [9.17, 15) is 0 Å². The molecule has 8 nitrogen and oxygen atoms in total. The summed E-state index contributed by atoms with van der Waals surface area (Å²) in [5.74, 6) is 3.12. The van der Waals surface area contributed by atoms with Gasteiger partial charge < -0.3 is 34.1 Å². The minimum atomic E-state index is -0.711. The van der Waals surface area contributed by atoms with Gasteiger partial charge in [0.25, 0.3) is 0 Å². The second-order valence-corrected chi connectivity index (χ2v) is 14.8. The molecule has 4 aliphatic rings. The summed E-state index contributed by atoms with van der Waals surface area (Å²) in [5, 5.41) is 6.11. The van der Waals surface area contributed by atoms with E-state index in [0.29, 0.717) is 19.8 Å². The van der Waals surface area contributed by atoms with Gasteiger partial charge in [0.2, 0.25) is 11.4 Å². The number of aliphatic imine (C=N–C) groups is 1. The molecular formula is C42H42N4O4. The Balaban J connectivity index is 0.869. The van der Waals surface area contributed by atoms with Gasteiger partial charge in [0.05, 0.1) is 29.3 Å². The molecule has 0 radical (unpaired) electrons. The smallest absolute Gasteiger partial charge is 0.228 e. The van der Waals surface area contributed by atoms with Crippen LogP contribution in [0.15, 0.2) is 102 Å². The topological polar surface area (TPSA) is 67.8 Å². The van der Waals surface area contributed by atoms with Crippen molar-refractivity contribution in [2.24, 2.45) is 4.99 Å². The van der Waals surface area contributed by atoms with E-state index in [1.54, 1.807) is 0 Å². The molecule has 50 heavy (non-hydrogen) atoms. The van der Waals surface area contributed by atoms with Crippen molar-refractivity contribution in [1.29, 1.82) is 0 Å². The molecule has 8 heteroatoms. The standard InChI is InChI=1S/C42H42N4O4/c1-39(2)31-13-9-10-14-34(31)45(5)41(39)25-43-33-23-28(17-20-36(33)49-41)47-21-22-48-29-16-18-32-35(24-29)46(6)42(40(32,3)4)26-44-38-30-12-8-7-11-27(30)15-19-37(38)50-42/h7-20,23-25,44H,21-22,26H2,1-6H3. The van der Waals surface area contributed by atoms with Crippen molar-refractivity contribution in [3.8, 4) is 23.0 Å². The maximum absolute atomic E-state index is 6.96. The van der Waals surface area contributed by atoms with E-state index >= 15 is 0 Å². The van der Waals surface area contributed by atoms with Crippen LogP contribution in [0.5, 0.6) is 23.0 Å². The van der Waals surface area contributed by atoms with Crippen LogP contribution in [0.25, 0.3) is 10.8 Å². The molecule has 4 aliphatic heterocycles. The van der Waals surface area contributed by atoms with E-state index in [2.05, 4.69) is 130 Å². The highest BCUT2D eigenvalue weighted by Gasteiger charge is 2.60. The van der Waals surface area contributed by atoms with Gasteiger partial charge in [0.1, 0.15) is 41.9 Å². The third-order valence-electron chi connectivity index (χ3n) is 11.7. The normalized spacial score (nSPS) is 23.1. The first-order valence-electron chi connectivity index (χ1n) is 17.4. The largest absolute Gasteiger partial charge is 0.490 e. The number of hydrogen-bond acceptors (Lipinski definition) is 8. The zero-order valence-electron chi connectivity index (χ0n) is 29.4. The molecule has 0 saturated carbocycles. The Kier molecular flexibility index (Phi) is 6.48. The summed E-state index contributed by atoms with van der Waals surface area (Å²) >= 11 is 0. The van der Waals surface area contributed by atoms with Gasteiger partial charge in [0.15, 0.2) is 0 Å². The van der Waals surface area contributed by atoms with Crippen molar-refractivity contribution in [2.75, 3.05) is 49.0 Å². The summed E-state index contributed by atoms with van der Waals surface area (Å²) in [6.07, 6.45) is 1.94. The van der Waals surface area contributed by atoms with E-state index in [1.807, 2.05) is 30.5 Å². The molecule has 1 N–H and O–H groups in total. The first-order valence-corrected chi connectivity index (χ1v) is 17.4. The molecule has 0 bridgehead atoms. The zero-order chi connectivity index (χ0) is 34.5. The molecule has 4 heterocycles. The number of likely N-dealkylation sites (N-methyl/N-ethyl adjacent to an activating group) is 2. The number of fused-ring (bicyclic) bond motifs is 6. The van der Waals surface area contributed by atoms with Gasteiger partial charge in [-0.2, -0.15) is 0 Å². The van der Waals surface area contributed by atoms with Crippen molar-refractivity contribution >= 4 is 39.7 Å². The summed E-state index contributed by atoms with van der Waals surface area (Å²) in [6.45, 7) is 10.4. The number of para-hydroxylation sites is 1. The lowest BCUT2D eigenvalue weighted by atomic mass is 9.76. The minimum Gasteiger partial charge on any atom is -0.490 e. The Morgan fingerprint density at radius 1 is 0.700 bits per heavy atom. The number of hydrogen-bond donors (Lipinski definition) is 1. The summed E-state index contributed by atoms with van der Waals surface area (Å²) in [7, 11) is 4.18. The van der Waals surface area contributed by atoms with Crippen molar-refractivity contribution in [1.82, 2.24) is 0 Å². The maximum atomic E-state index is 6.96. The van der Waals surface area contributed by atoms with E-state index in [-0.39, 0.29) is 10.8 Å². The van der Waals surface area contributed by atoms with E-state index in [0.717, 1.165) is 45.7 Å². The fourth-order valence-electron chi connectivity index (χ4n) is 8.69. The molecular weight excluding hydrogens is 624 g/mol. The van der Waals surface area contributed by atoms with E-state index < -0.39 is 11.4 Å². The van der Waals surface area contributed by atoms with Gasteiger partial charge in [-0.25, -0.2) is 0 Å². The number of benzene rings is 5. The van der Waals surface area contributed by atoms with Crippen molar-refractivity contribution in [3.63, 3.8) is 0 Å². The number of nitrogens with one attached hydrogen (secondary N) is 1. The molecule has 254 valence electrons. The van der Waals surface area contributed by atoms with Crippen LogP contribution >= 0.6 is 0 Å². The van der Waals surface area contributed by atoms with Crippen molar-refractivity contribution in [3.05, 3.63) is 108 Å². The lowest BCUT2D eigenvalue weighted by Crippen LogP contribution is -2.64. The van der Waals surface area contributed by atoms with Crippen LogP contribution in [0.3, 0.4) is 0 Å². The van der Waals surface area contributed by atoms with Crippen LogP contribution in [0.1, 0.15) is 38.8 Å². The Morgan fingerprint density at radius 2 is 1.40 bits per heavy atom. The molecule has 5 aromatic carbocycles. The Hall–Kier alpha value is -5.37. The molecule has 0 aromatic heterocycles. The fraction of sp³-hybridized carbons (Fsp3) is 0.310. The van der Waals surface area contributed by atoms with Crippen LogP contribution in [0.4, 0.5) is 22.7 Å². The monoisotopic (exact) mass is 666 g/mol. The molecule has 0 aliphatic carbocycles. The van der Waals surface area contributed by atoms with Gasteiger partial charge in [-0.15, -0.1) is 0 Å². The van der Waals surface area contributed by atoms with Crippen LogP contribution in [-0.4, -0.2) is 51.5 Å².